The number of piperidine rings is 1. The number of hydrogen-bond acceptors (Lipinski definition) is 17. The van der Waals surface area contributed by atoms with Crippen LogP contribution in [0.5, 0.6) is 5.75 Å². The van der Waals surface area contributed by atoms with Gasteiger partial charge in [-0.3, -0.25) is 29.3 Å². The number of aliphatic hydroxyl groups is 2. The zero-order chi connectivity index (χ0) is 66.4. The Labute approximate surface area is 550 Å². The minimum atomic E-state index is -1.62. The van der Waals surface area contributed by atoms with E-state index in [9.17, 15) is 34.2 Å². The zero-order valence-corrected chi connectivity index (χ0v) is 55.9. The molecule has 502 valence electrons. The number of hydrogen-bond donors (Lipinski definition) is 7. The number of aromatic nitrogens is 5. The average molecular weight is 1300 g/mol. The molecule has 2 fully saturated rings. The number of nitrogens with one attached hydrogen (secondary N) is 5. The van der Waals surface area contributed by atoms with Crippen LogP contribution in [0.4, 0.5) is 10.5 Å². The monoisotopic (exact) mass is 1300 g/mol. The number of benzene rings is 3. The molecule has 5 heterocycles. The number of ether oxygens (including phenoxy) is 4. The van der Waals surface area contributed by atoms with Crippen molar-refractivity contribution in [1.29, 1.82) is 0 Å². The third-order valence-corrected chi connectivity index (χ3v) is 17.7. The third kappa shape index (κ3) is 21.6. The van der Waals surface area contributed by atoms with Gasteiger partial charge in [-0.1, -0.05) is 74.6 Å². The summed E-state index contributed by atoms with van der Waals surface area (Å²) in [6, 6.07) is 24.2. The summed E-state index contributed by atoms with van der Waals surface area (Å²) >= 11 is 1.57. The Morgan fingerprint density at radius 3 is 2.12 bits per heavy atom. The lowest BCUT2D eigenvalue weighted by atomic mass is 9.86. The van der Waals surface area contributed by atoms with Gasteiger partial charge in [0.1, 0.15) is 29.0 Å². The van der Waals surface area contributed by atoms with Gasteiger partial charge in [0.05, 0.1) is 53.6 Å². The van der Waals surface area contributed by atoms with Gasteiger partial charge in [0.2, 0.25) is 17.7 Å². The molecule has 5 amide bonds. The molecule has 3 aromatic carbocycles. The van der Waals surface area contributed by atoms with Crippen molar-refractivity contribution in [3.63, 3.8) is 0 Å². The van der Waals surface area contributed by atoms with Crippen LogP contribution in [0.1, 0.15) is 170 Å². The minimum absolute atomic E-state index is 0.0526. The van der Waals surface area contributed by atoms with E-state index in [2.05, 4.69) is 41.4 Å². The van der Waals surface area contributed by atoms with Gasteiger partial charge >= 0.3 is 6.09 Å². The van der Waals surface area contributed by atoms with Crippen LogP contribution >= 0.6 is 11.3 Å². The Hall–Kier alpha value is -7.83. The summed E-state index contributed by atoms with van der Waals surface area (Å²) in [6.07, 6.45) is 12.6. The molecular formula is C70H95N11O11S. The highest BCUT2D eigenvalue weighted by Gasteiger charge is 2.46. The number of aliphatic hydroxyl groups excluding tert-OH is 1. The molecule has 22 nitrogen and oxygen atoms in total. The van der Waals surface area contributed by atoms with E-state index in [1.165, 1.54) is 18.7 Å². The molecule has 0 bridgehead atoms. The zero-order valence-electron chi connectivity index (χ0n) is 55.0. The lowest BCUT2D eigenvalue weighted by Gasteiger charge is -2.41. The summed E-state index contributed by atoms with van der Waals surface area (Å²) < 4.78 is 23.4. The van der Waals surface area contributed by atoms with Gasteiger partial charge in [0, 0.05) is 81.4 Å². The average Bonchev–Trinajstić information content (AvgIpc) is 1.76. The van der Waals surface area contributed by atoms with E-state index in [0.29, 0.717) is 82.6 Å². The minimum Gasteiger partial charge on any atom is -0.494 e. The Morgan fingerprint density at radius 2 is 1.45 bits per heavy atom. The summed E-state index contributed by atoms with van der Waals surface area (Å²) in [6.45, 7) is 16.4. The van der Waals surface area contributed by atoms with E-state index in [4.69, 9.17) is 23.9 Å². The molecule has 0 unspecified atom stereocenters. The number of carbonyl (C=O) groups is 5. The Bertz CT molecular complexity index is 3340. The molecule has 7 N–H and O–H groups in total. The van der Waals surface area contributed by atoms with Gasteiger partial charge in [-0.15, -0.1) is 11.3 Å². The highest BCUT2D eigenvalue weighted by Crippen LogP contribution is 2.37. The topological polar surface area (TPSA) is 285 Å². The first-order valence-corrected chi connectivity index (χ1v) is 33.7. The van der Waals surface area contributed by atoms with Gasteiger partial charge < -0.3 is 60.2 Å². The number of H-pyrrole nitrogens is 1. The van der Waals surface area contributed by atoms with Crippen LogP contribution in [0.25, 0.3) is 21.8 Å². The van der Waals surface area contributed by atoms with E-state index >= 15 is 0 Å². The normalized spacial score (nSPS) is 16.3. The second-order valence-corrected chi connectivity index (χ2v) is 26.7. The van der Waals surface area contributed by atoms with Crippen molar-refractivity contribution in [2.75, 3.05) is 58.0 Å². The standard InChI is InChI=1S/C70H95N11O11S/c1-48(74-63(84)54-21-18-22-55(42-54)77-70(31-35-80(36-32-70)67(87)92-68(3,4)5)66-76-62(78-79-66)52-29-33-71-34-30-52)53-20-19-23-57(43-53)91-39-17-13-12-16-38-90-41-40-89-37-15-11-9-8-10-14-24-59(83)75-61(69(6,7)88)65(86)81-46-56(82)44-58(81)64(85)72-45-50-25-27-51(28-26-50)60-49(2)73-47-93-60/h18-23,25-30,33-34,42-43,47-48,56,58,61,77,82,88H,8-17,24,31-32,35-41,44-46H2,1-7H3,(H,72,85)(H,74,84)(H,75,83)(H,76,78,79)/t48-,56+,58-,61+/m0/s1. The summed E-state index contributed by atoms with van der Waals surface area (Å²) in [5.74, 6) is 0.300. The van der Waals surface area contributed by atoms with Crippen molar-refractivity contribution in [2.45, 2.75) is 186 Å². The van der Waals surface area contributed by atoms with E-state index < -0.39 is 46.7 Å². The second kappa shape index (κ2) is 34.4. The van der Waals surface area contributed by atoms with Crippen LogP contribution in [-0.2, 0) is 40.7 Å². The molecule has 8 rings (SSSR count). The number of aromatic amines is 1. The number of aryl methyl sites for hydroxylation is 1. The van der Waals surface area contributed by atoms with Crippen LogP contribution in [-0.4, -0.2) is 157 Å². The number of amides is 5. The van der Waals surface area contributed by atoms with Crippen LogP contribution in [0, 0.1) is 6.92 Å². The first-order chi connectivity index (χ1) is 44.6. The molecule has 3 aromatic heterocycles. The van der Waals surface area contributed by atoms with E-state index in [-0.39, 0.29) is 49.9 Å². The highest BCUT2D eigenvalue weighted by molar-refractivity contribution is 7.13. The SMILES string of the molecule is Cc1ncsc1-c1ccc(CNC(=O)[C@@H]2C[C@@H](O)CN2C(=O)[C@@H](NC(=O)CCCCCCCCOCCOCCCCCCOc2cccc([C@H](C)NC(=O)c3cccc(NC4(c5nc(-c6ccncc6)n[nH]5)CCN(C(=O)OC(C)(C)C)CC4)c3)c2)C(C)(C)O)cc1. The number of β-amino-alcohol motifs (C(OH)–C–C–N with tert-alkyl or cyclic N) is 1. The predicted octanol–water partition coefficient (Wildman–Crippen LogP) is 10.4. The van der Waals surface area contributed by atoms with E-state index in [0.717, 1.165) is 102 Å². The summed E-state index contributed by atoms with van der Waals surface area (Å²) in [7, 11) is 0. The smallest absolute Gasteiger partial charge is 0.410 e. The quantitative estimate of drug-likeness (QED) is 0.0185. The van der Waals surface area contributed by atoms with Crippen LogP contribution in [0.2, 0.25) is 0 Å². The van der Waals surface area contributed by atoms with Crippen LogP contribution < -0.4 is 26.0 Å². The molecule has 4 atom stereocenters. The van der Waals surface area contributed by atoms with Crippen molar-refractivity contribution in [3.05, 3.63) is 131 Å². The first kappa shape index (κ1) is 71.0. The molecule has 23 heteroatoms. The van der Waals surface area contributed by atoms with Gasteiger partial charge in [-0.2, -0.15) is 5.10 Å². The molecule has 0 aliphatic carbocycles. The molecular weight excluding hydrogens is 1200 g/mol. The molecule has 6 aromatic rings. The fourth-order valence-corrected chi connectivity index (χ4v) is 12.3. The van der Waals surface area contributed by atoms with Crippen molar-refractivity contribution in [3.8, 4) is 27.6 Å². The number of likely N-dealkylation sites (tertiary alicyclic amines) is 2. The van der Waals surface area contributed by atoms with Crippen molar-refractivity contribution in [1.82, 2.24) is 50.9 Å². The number of carbonyl (C=O) groups excluding carboxylic acids is 5. The number of rotatable bonds is 34. The molecule has 0 spiro atoms. The summed E-state index contributed by atoms with van der Waals surface area (Å²) in [4.78, 5) is 84.7. The van der Waals surface area contributed by atoms with Gasteiger partial charge in [-0.05, 0) is 153 Å². The number of anilines is 1. The Morgan fingerprint density at radius 1 is 0.785 bits per heavy atom. The maximum Gasteiger partial charge on any atom is 0.410 e. The number of pyridine rings is 1. The Kier molecular flexibility index (Phi) is 26.2. The highest BCUT2D eigenvalue weighted by atomic mass is 32.1. The predicted molar refractivity (Wildman–Crippen MR) is 357 cm³/mol. The molecule has 2 saturated heterocycles. The van der Waals surface area contributed by atoms with Crippen LogP contribution in [0.3, 0.4) is 0 Å². The maximum atomic E-state index is 13.9. The Balaban J connectivity index is 0.642. The number of unbranched alkanes of at least 4 members (excludes halogenated alkanes) is 8. The molecule has 0 radical (unpaired) electrons. The molecule has 0 saturated carbocycles. The number of thiazole rings is 1. The first-order valence-electron chi connectivity index (χ1n) is 32.8. The largest absolute Gasteiger partial charge is 0.494 e. The lowest BCUT2D eigenvalue weighted by molar-refractivity contribution is -0.147. The van der Waals surface area contributed by atoms with Gasteiger partial charge in [0.15, 0.2) is 11.6 Å². The summed E-state index contributed by atoms with van der Waals surface area (Å²) in [5, 5.41) is 41.8. The number of nitrogens with zero attached hydrogens (tertiary/aromatic N) is 6. The fraction of sp³-hybridized carbons (Fsp3) is 0.529. The van der Waals surface area contributed by atoms with Crippen molar-refractivity contribution >= 4 is 46.7 Å². The maximum absolute atomic E-state index is 13.9. The van der Waals surface area contributed by atoms with Crippen LogP contribution in [0.15, 0.2) is 103 Å². The van der Waals surface area contributed by atoms with Gasteiger partial charge in [-0.25, -0.2) is 14.8 Å². The fourth-order valence-electron chi connectivity index (χ4n) is 11.4. The van der Waals surface area contributed by atoms with Crippen molar-refractivity contribution < 1.29 is 53.1 Å². The molecule has 2 aliphatic heterocycles. The van der Waals surface area contributed by atoms with Crippen molar-refractivity contribution in [2.24, 2.45) is 0 Å². The third-order valence-electron chi connectivity index (χ3n) is 16.7. The molecule has 93 heavy (non-hydrogen) atoms. The van der Waals surface area contributed by atoms with Gasteiger partial charge in [0.25, 0.3) is 5.91 Å². The van der Waals surface area contributed by atoms with E-state index in [1.807, 2.05) is 113 Å². The van der Waals surface area contributed by atoms with E-state index in [1.54, 1.807) is 40.2 Å². The lowest BCUT2D eigenvalue weighted by Crippen LogP contribution is -2.60. The molecule has 2 aliphatic rings. The second-order valence-electron chi connectivity index (χ2n) is 25.9. The summed E-state index contributed by atoms with van der Waals surface area (Å²) in [5.41, 5.74) is 4.67.